The second-order valence-electron chi connectivity index (χ2n) is 10.3. The molecular weight excluding hydrogens is 571 g/mol. The van der Waals surface area contributed by atoms with E-state index >= 15 is 0 Å². The molecule has 0 spiro atoms. The van der Waals surface area contributed by atoms with E-state index in [1.165, 1.54) is 23.2 Å². The number of piperazine rings is 1. The highest BCUT2D eigenvalue weighted by atomic mass is 32.1. The van der Waals surface area contributed by atoms with Crippen LogP contribution in [0, 0.1) is 10.1 Å². The highest BCUT2D eigenvalue weighted by Crippen LogP contribution is 2.34. The summed E-state index contributed by atoms with van der Waals surface area (Å²) in [5.74, 6) is 0.503. The summed E-state index contributed by atoms with van der Waals surface area (Å²) in [7, 11) is 0. The highest BCUT2D eigenvalue weighted by Gasteiger charge is 2.30. The van der Waals surface area contributed by atoms with Crippen LogP contribution in [0.5, 0.6) is 11.8 Å². The topological polar surface area (TPSA) is 85.9 Å². The minimum atomic E-state index is -4.33. The molecule has 13 heteroatoms. The molecule has 4 aromatic rings. The lowest BCUT2D eigenvalue weighted by molar-refractivity contribution is -0.389. The normalized spacial score (nSPS) is 17.5. The SMILES string of the molecule is O=[N+]([O-])c1cn2c(n1)O[C@@H](COc1ccc(N3CCN(Cc4ccc(-c5ccc(C(F)(F)F)cc5)s4)CC3)cc1)CC2. The van der Waals surface area contributed by atoms with E-state index in [9.17, 15) is 23.3 Å². The van der Waals surface area contributed by atoms with Crippen molar-refractivity contribution in [1.82, 2.24) is 14.5 Å². The van der Waals surface area contributed by atoms with E-state index < -0.39 is 16.7 Å². The molecule has 1 fully saturated rings. The molecule has 0 bridgehead atoms. The summed E-state index contributed by atoms with van der Waals surface area (Å²) in [5, 5.41) is 10.9. The number of aryl methyl sites for hydroxylation is 1. The summed E-state index contributed by atoms with van der Waals surface area (Å²) < 4.78 is 51.9. The number of alkyl halides is 3. The Hall–Kier alpha value is -4.10. The molecule has 0 saturated carbocycles. The van der Waals surface area contributed by atoms with Crippen LogP contribution in [0.25, 0.3) is 10.4 Å². The first-order chi connectivity index (χ1) is 20.2. The molecule has 0 aliphatic carbocycles. The fraction of sp³-hybridized carbons (Fsp3) is 0.345. The molecule has 2 aliphatic heterocycles. The maximum absolute atomic E-state index is 12.9. The third-order valence-corrected chi connectivity index (χ3v) is 8.55. The number of imidazole rings is 1. The van der Waals surface area contributed by atoms with Crippen LogP contribution in [0.4, 0.5) is 24.7 Å². The average Bonchev–Trinajstić information content (AvgIpc) is 3.64. The van der Waals surface area contributed by atoms with E-state index in [2.05, 4.69) is 20.9 Å². The zero-order chi connectivity index (χ0) is 29.3. The van der Waals surface area contributed by atoms with Crippen LogP contribution < -0.4 is 14.4 Å². The Morgan fingerprint density at radius 1 is 1.00 bits per heavy atom. The van der Waals surface area contributed by atoms with Gasteiger partial charge in [-0.3, -0.25) is 9.47 Å². The number of rotatable bonds is 8. The minimum absolute atomic E-state index is 0.222. The molecule has 4 heterocycles. The lowest BCUT2D eigenvalue weighted by atomic mass is 10.1. The Morgan fingerprint density at radius 2 is 1.74 bits per heavy atom. The van der Waals surface area contributed by atoms with Crippen molar-refractivity contribution in [1.29, 1.82) is 0 Å². The fourth-order valence-corrected chi connectivity index (χ4v) is 6.16. The maximum atomic E-state index is 12.9. The van der Waals surface area contributed by atoms with Gasteiger partial charge in [0, 0.05) is 66.1 Å². The standard InChI is InChI=1S/C29H28F3N5O4S/c30-29(31,32)21-3-1-20(2-4-21)26-10-9-25(42-26)17-34-13-15-35(16-14-34)22-5-7-23(8-6-22)40-19-24-11-12-36-18-27(37(38)39)33-28(36)41-24/h1-10,18,24H,11-17,19H2/t24-/m1/s1. The molecule has 42 heavy (non-hydrogen) atoms. The van der Waals surface area contributed by atoms with Crippen molar-refractivity contribution < 1.29 is 27.6 Å². The summed E-state index contributed by atoms with van der Waals surface area (Å²) in [6.07, 6.45) is -2.51. The minimum Gasteiger partial charge on any atom is -0.490 e. The monoisotopic (exact) mass is 599 g/mol. The molecule has 2 aromatic heterocycles. The van der Waals surface area contributed by atoms with Gasteiger partial charge in [-0.05, 0) is 59.0 Å². The molecule has 9 nitrogen and oxygen atoms in total. The Balaban J connectivity index is 0.959. The van der Waals surface area contributed by atoms with E-state index in [1.54, 1.807) is 15.9 Å². The number of hydrogen-bond donors (Lipinski definition) is 0. The number of aromatic nitrogens is 2. The van der Waals surface area contributed by atoms with Crippen molar-refractivity contribution in [3.8, 4) is 22.2 Å². The van der Waals surface area contributed by atoms with Crippen LogP contribution in [-0.2, 0) is 19.3 Å². The summed E-state index contributed by atoms with van der Waals surface area (Å²) in [5.41, 5.74) is 1.27. The van der Waals surface area contributed by atoms with Crippen molar-refractivity contribution in [2.45, 2.75) is 31.8 Å². The number of anilines is 1. The van der Waals surface area contributed by atoms with Crippen LogP contribution in [-0.4, -0.2) is 58.3 Å². The van der Waals surface area contributed by atoms with Crippen molar-refractivity contribution >= 4 is 22.8 Å². The molecule has 0 radical (unpaired) electrons. The summed E-state index contributed by atoms with van der Waals surface area (Å²) in [6, 6.07) is 17.5. The quantitative estimate of drug-likeness (QED) is 0.179. The second kappa shape index (κ2) is 11.6. The van der Waals surface area contributed by atoms with Crippen LogP contribution in [0.15, 0.2) is 66.9 Å². The first-order valence-corrected chi connectivity index (χ1v) is 14.4. The third kappa shape index (κ3) is 6.36. The Bertz CT molecular complexity index is 1530. The van der Waals surface area contributed by atoms with Gasteiger partial charge in [-0.2, -0.15) is 13.2 Å². The molecule has 220 valence electrons. The van der Waals surface area contributed by atoms with Crippen LogP contribution in [0.2, 0.25) is 0 Å². The van der Waals surface area contributed by atoms with Gasteiger partial charge in [0.15, 0.2) is 0 Å². The number of thiophene rings is 1. The van der Waals surface area contributed by atoms with Gasteiger partial charge >= 0.3 is 18.0 Å². The number of hydrogen-bond acceptors (Lipinski definition) is 8. The second-order valence-corrected chi connectivity index (χ2v) is 11.4. The van der Waals surface area contributed by atoms with E-state index in [1.807, 2.05) is 30.3 Å². The summed E-state index contributed by atoms with van der Waals surface area (Å²) >= 11 is 1.61. The molecular formula is C29H28F3N5O4S. The molecule has 2 aliphatic rings. The average molecular weight is 600 g/mol. The molecule has 0 N–H and O–H groups in total. The predicted octanol–water partition coefficient (Wildman–Crippen LogP) is 6.09. The van der Waals surface area contributed by atoms with Gasteiger partial charge in [0.05, 0.1) is 5.56 Å². The number of nitro groups is 1. The Kier molecular flexibility index (Phi) is 7.78. The molecule has 0 unspecified atom stereocenters. The lowest BCUT2D eigenvalue weighted by Gasteiger charge is -2.36. The Labute approximate surface area is 243 Å². The summed E-state index contributed by atoms with van der Waals surface area (Å²) in [6.45, 7) is 5.28. The van der Waals surface area contributed by atoms with E-state index in [-0.39, 0.29) is 17.9 Å². The van der Waals surface area contributed by atoms with Gasteiger partial charge in [0.1, 0.15) is 24.7 Å². The molecule has 1 saturated heterocycles. The maximum Gasteiger partial charge on any atom is 0.416 e. The van der Waals surface area contributed by atoms with Crippen LogP contribution in [0.1, 0.15) is 16.9 Å². The molecule has 2 aromatic carbocycles. The largest absolute Gasteiger partial charge is 0.490 e. The van der Waals surface area contributed by atoms with Crippen LogP contribution in [0.3, 0.4) is 0 Å². The first kappa shape index (κ1) is 28.0. The number of halogens is 3. The predicted molar refractivity (Wildman–Crippen MR) is 152 cm³/mol. The number of nitrogens with zero attached hydrogens (tertiary/aromatic N) is 5. The van der Waals surface area contributed by atoms with Gasteiger partial charge < -0.3 is 24.5 Å². The van der Waals surface area contributed by atoms with E-state index in [0.29, 0.717) is 19.6 Å². The summed E-state index contributed by atoms with van der Waals surface area (Å²) in [4.78, 5) is 21.2. The van der Waals surface area contributed by atoms with Crippen LogP contribution >= 0.6 is 11.3 Å². The number of fused-ring (bicyclic) bond motifs is 1. The number of ether oxygens (including phenoxy) is 2. The van der Waals surface area contributed by atoms with Gasteiger partial charge in [0.25, 0.3) is 0 Å². The Morgan fingerprint density at radius 3 is 2.43 bits per heavy atom. The first-order valence-electron chi connectivity index (χ1n) is 13.6. The van der Waals surface area contributed by atoms with Crippen molar-refractivity contribution in [3.63, 3.8) is 0 Å². The van der Waals surface area contributed by atoms with E-state index in [4.69, 9.17) is 9.47 Å². The molecule has 6 rings (SSSR count). The van der Waals surface area contributed by atoms with Crippen molar-refractivity contribution in [2.24, 2.45) is 0 Å². The highest BCUT2D eigenvalue weighted by molar-refractivity contribution is 7.15. The van der Waals surface area contributed by atoms with Gasteiger partial charge in [-0.1, -0.05) is 12.1 Å². The van der Waals surface area contributed by atoms with Gasteiger partial charge in [-0.15, -0.1) is 11.3 Å². The van der Waals surface area contributed by atoms with Gasteiger partial charge in [-0.25, -0.2) is 0 Å². The lowest BCUT2D eigenvalue weighted by Crippen LogP contribution is -2.45. The zero-order valence-corrected chi connectivity index (χ0v) is 23.3. The van der Waals surface area contributed by atoms with E-state index in [0.717, 1.165) is 66.7 Å². The molecule has 0 amide bonds. The molecule has 1 atom stereocenters. The number of benzene rings is 2. The third-order valence-electron chi connectivity index (χ3n) is 7.43. The smallest absolute Gasteiger partial charge is 0.416 e. The van der Waals surface area contributed by atoms with Crippen molar-refractivity contribution in [3.05, 3.63) is 87.4 Å². The fourth-order valence-electron chi connectivity index (χ4n) is 5.10. The zero-order valence-electron chi connectivity index (χ0n) is 22.5. The van der Waals surface area contributed by atoms with Crippen molar-refractivity contribution in [2.75, 3.05) is 37.7 Å². The van der Waals surface area contributed by atoms with Gasteiger partial charge in [0.2, 0.25) is 0 Å².